The molecule has 3 nitrogen and oxygen atoms in total. The van der Waals surface area contributed by atoms with Crippen molar-refractivity contribution in [1.82, 2.24) is 10.3 Å². The molecule has 0 saturated heterocycles. The molecule has 0 spiro atoms. The van der Waals surface area contributed by atoms with Crippen LogP contribution >= 0.6 is 15.9 Å². The van der Waals surface area contributed by atoms with Crippen LogP contribution in [0.25, 0.3) is 0 Å². The normalized spacial score (nSPS) is 12.7. The predicted molar refractivity (Wildman–Crippen MR) is 64.7 cm³/mol. The molecule has 15 heavy (non-hydrogen) atoms. The molecule has 0 fully saturated rings. The largest absolute Gasteiger partial charge is 0.377 e. The van der Waals surface area contributed by atoms with E-state index >= 15 is 0 Å². The number of halogens is 1. The van der Waals surface area contributed by atoms with E-state index in [0.717, 1.165) is 24.2 Å². The smallest absolute Gasteiger partial charge is 0.0671 e. The van der Waals surface area contributed by atoms with Gasteiger partial charge in [0.2, 0.25) is 0 Å². The fourth-order valence-corrected chi connectivity index (χ4v) is 1.73. The quantitative estimate of drug-likeness (QED) is 0.864. The SMILES string of the molecule is CCOC(C)CNCc1cncc(Br)c1. The second-order valence-corrected chi connectivity index (χ2v) is 4.32. The highest BCUT2D eigenvalue weighted by molar-refractivity contribution is 9.10. The zero-order valence-corrected chi connectivity index (χ0v) is 10.8. The summed E-state index contributed by atoms with van der Waals surface area (Å²) in [4.78, 5) is 4.10. The Balaban J connectivity index is 2.25. The maximum Gasteiger partial charge on any atom is 0.0671 e. The van der Waals surface area contributed by atoms with E-state index in [4.69, 9.17) is 4.74 Å². The summed E-state index contributed by atoms with van der Waals surface area (Å²) in [6.45, 7) is 6.52. The first-order valence-electron chi connectivity index (χ1n) is 5.14. The van der Waals surface area contributed by atoms with Gasteiger partial charge in [-0.1, -0.05) is 0 Å². The van der Waals surface area contributed by atoms with Crippen molar-refractivity contribution in [2.75, 3.05) is 13.2 Å². The number of nitrogens with one attached hydrogen (secondary N) is 1. The van der Waals surface area contributed by atoms with Crippen LogP contribution in [0.5, 0.6) is 0 Å². The number of hydrogen-bond acceptors (Lipinski definition) is 3. The summed E-state index contributed by atoms with van der Waals surface area (Å²) in [5.41, 5.74) is 1.17. The van der Waals surface area contributed by atoms with Gasteiger partial charge in [-0.25, -0.2) is 0 Å². The number of rotatable bonds is 6. The molecule has 0 aliphatic rings. The summed E-state index contributed by atoms with van der Waals surface area (Å²) < 4.78 is 6.43. The minimum absolute atomic E-state index is 0.259. The summed E-state index contributed by atoms with van der Waals surface area (Å²) in [6.07, 6.45) is 3.91. The first kappa shape index (κ1) is 12.6. The molecule has 0 amide bonds. The summed E-state index contributed by atoms with van der Waals surface area (Å²) in [7, 11) is 0. The Kier molecular flexibility index (Phi) is 5.83. The molecule has 1 aromatic heterocycles. The molecule has 0 aliphatic heterocycles. The van der Waals surface area contributed by atoms with E-state index in [0.29, 0.717) is 0 Å². The third kappa shape index (κ3) is 5.25. The van der Waals surface area contributed by atoms with E-state index in [1.165, 1.54) is 5.56 Å². The van der Waals surface area contributed by atoms with Crippen molar-refractivity contribution in [2.24, 2.45) is 0 Å². The fourth-order valence-electron chi connectivity index (χ4n) is 1.32. The van der Waals surface area contributed by atoms with Crippen LogP contribution in [-0.4, -0.2) is 24.2 Å². The van der Waals surface area contributed by atoms with Crippen LogP contribution in [0.2, 0.25) is 0 Å². The zero-order chi connectivity index (χ0) is 11.1. The minimum Gasteiger partial charge on any atom is -0.377 e. The van der Waals surface area contributed by atoms with Crippen LogP contribution in [0.4, 0.5) is 0 Å². The minimum atomic E-state index is 0.259. The van der Waals surface area contributed by atoms with E-state index in [1.807, 2.05) is 13.1 Å². The van der Waals surface area contributed by atoms with Gasteiger partial charge in [0.15, 0.2) is 0 Å². The topological polar surface area (TPSA) is 34.1 Å². The molecule has 1 atom stereocenters. The third-order valence-corrected chi connectivity index (χ3v) is 2.41. The number of aromatic nitrogens is 1. The van der Waals surface area contributed by atoms with Gasteiger partial charge < -0.3 is 10.1 Å². The first-order valence-corrected chi connectivity index (χ1v) is 5.93. The molecule has 4 heteroatoms. The van der Waals surface area contributed by atoms with Crippen molar-refractivity contribution in [1.29, 1.82) is 0 Å². The number of hydrogen-bond donors (Lipinski definition) is 1. The van der Waals surface area contributed by atoms with Gasteiger partial charge in [-0.2, -0.15) is 0 Å². The average molecular weight is 273 g/mol. The van der Waals surface area contributed by atoms with E-state index in [-0.39, 0.29) is 6.10 Å². The Morgan fingerprint density at radius 2 is 2.33 bits per heavy atom. The summed E-state index contributed by atoms with van der Waals surface area (Å²) in [6, 6.07) is 2.06. The molecule has 84 valence electrons. The molecule has 0 aromatic carbocycles. The lowest BCUT2D eigenvalue weighted by Gasteiger charge is -2.12. The highest BCUT2D eigenvalue weighted by Gasteiger charge is 2.00. The van der Waals surface area contributed by atoms with Crippen LogP contribution < -0.4 is 5.32 Å². The molecule has 0 bridgehead atoms. The number of pyridine rings is 1. The van der Waals surface area contributed by atoms with Gasteiger partial charge in [0, 0.05) is 36.6 Å². The molecule has 0 aliphatic carbocycles. The van der Waals surface area contributed by atoms with Gasteiger partial charge >= 0.3 is 0 Å². The fraction of sp³-hybridized carbons (Fsp3) is 0.545. The van der Waals surface area contributed by atoms with Gasteiger partial charge in [0.1, 0.15) is 0 Å². The molecule has 1 N–H and O–H groups in total. The van der Waals surface area contributed by atoms with Gasteiger partial charge in [-0.15, -0.1) is 0 Å². The van der Waals surface area contributed by atoms with Gasteiger partial charge in [-0.3, -0.25) is 4.98 Å². The van der Waals surface area contributed by atoms with Crippen LogP contribution in [-0.2, 0) is 11.3 Å². The van der Waals surface area contributed by atoms with Crippen molar-refractivity contribution in [2.45, 2.75) is 26.5 Å². The lowest BCUT2D eigenvalue weighted by molar-refractivity contribution is 0.0759. The summed E-state index contributed by atoms with van der Waals surface area (Å²) >= 11 is 3.39. The van der Waals surface area contributed by atoms with Crippen LogP contribution in [0.1, 0.15) is 19.4 Å². The second-order valence-electron chi connectivity index (χ2n) is 3.41. The highest BCUT2D eigenvalue weighted by atomic mass is 79.9. The van der Waals surface area contributed by atoms with Crippen LogP contribution in [0.15, 0.2) is 22.9 Å². The molecule has 1 aromatic rings. The number of nitrogens with zero attached hydrogens (tertiary/aromatic N) is 1. The lowest BCUT2D eigenvalue weighted by atomic mass is 10.3. The molecular weight excluding hydrogens is 256 g/mol. The molecule has 1 rings (SSSR count). The third-order valence-electron chi connectivity index (χ3n) is 1.97. The summed E-state index contributed by atoms with van der Waals surface area (Å²) in [5, 5.41) is 3.33. The van der Waals surface area contributed by atoms with Crippen molar-refractivity contribution < 1.29 is 4.74 Å². The molecular formula is C11H17BrN2O. The molecule has 0 saturated carbocycles. The predicted octanol–water partition coefficient (Wildman–Crippen LogP) is 2.36. The van der Waals surface area contributed by atoms with E-state index in [2.05, 4.69) is 39.2 Å². The Morgan fingerprint density at radius 3 is 3.00 bits per heavy atom. The number of ether oxygens (including phenoxy) is 1. The van der Waals surface area contributed by atoms with Crippen LogP contribution in [0.3, 0.4) is 0 Å². The van der Waals surface area contributed by atoms with E-state index in [9.17, 15) is 0 Å². The molecule has 0 radical (unpaired) electrons. The highest BCUT2D eigenvalue weighted by Crippen LogP contribution is 2.09. The van der Waals surface area contributed by atoms with Gasteiger partial charge in [0.25, 0.3) is 0 Å². The summed E-state index contributed by atoms with van der Waals surface area (Å²) in [5.74, 6) is 0. The second kappa shape index (κ2) is 6.93. The molecule has 1 heterocycles. The van der Waals surface area contributed by atoms with Gasteiger partial charge in [0.05, 0.1) is 6.10 Å². The maximum absolute atomic E-state index is 5.42. The Labute approximate surface area is 99.4 Å². The van der Waals surface area contributed by atoms with Crippen molar-refractivity contribution in [3.05, 3.63) is 28.5 Å². The zero-order valence-electron chi connectivity index (χ0n) is 9.16. The van der Waals surface area contributed by atoms with E-state index < -0.39 is 0 Å². The molecule has 1 unspecified atom stereocenters. The van der Waals surface area contributed by atoms with E-state index in [1.54, 1.807) is 6.20 Å². The lowest BCUT2D eigenvalue weighted by Crippen LogP contribution is -2.26. The van der Waals surface area contributed by atoms with Crippen molar-refractivity contribution >= 4 is 15.9 Å². The Bertz CT molecular complexity index is 294. The standard InChI is InChI=1S/C11H17BrN2O/c1-3-15-9(2)5-13-6-10-4-11(12)8-14-7-10/h4,7-9,13H,3,5-6H2,1-2H3. The Hall–Kier alpha value is -0.450. The monoisotopic (exact) mass is 272 g/mol. The van der Waals surface area contributed by atoms with Crippen molar-refractivity contribution in [3.8, 4) is 0 Å². The average Bonchev–Trinajstić information content (AvgIpc) is 2.18. The van der Waals surface area contributed by atoms with Gasteiger partial charge in [-0.05, 0) is 41.4 Å². The first-order chi connectivity index (χ1) is 7.22. The Morgan fingerprint density at radius 1 is 1.53 bits per heavy atom. The maximum atomic E-state index is 5.42. The van der Waals surface area contributed by atoms with Crippen LogP contribution in [0, 0.1) is 0 Å². The van der Waals surface area contributed by atoms with Crippen molar-refractivity contribution in [3.63, 3.8) is 0 Å².